The van der Waals surface area contributed by atoms with Crippen molar-refractivity contribution in [3.8, 4) is 0 Å². The lowest BCUT2D eigenvalue weighted by atomic mass is 9.96. The Balaban J connectivity index is 2.56. The number of hydroxylamine groups is 2. The molecule has 6 nitrogen and oxygen atoms in total. The summed E-state index contributed by atoms with van der Waals surface area (Å²) < 4.78 is 38.8. The van der Waals surface area contributed by atoms with Crippen LogP contribution in [0, 0.1) is 11.1 Å². The van der Waals surface area contributed by atoms with Crippen molar-refractivity contribution in [2.75, 3.05) is 20.2 Å². The number of hydrogen-bond acceptors (Lipinski definition) is 5. The van der Waals surface area contributed by atoms with E-state index in [0.29, 0.717) is 13.0 Å². The number of carbonyl (C=O) groups excluding carboxylic acids is 2. The van der Waals surface area contributed by atoms with Crippen molar-refractivity contribution in [2.24, 2.45) is 5.92 Å². The van der Waals surface area contributed by atoms with E-state index in [-0.39, 0.29) is 17.4 Å². The van der Waals surface area contributed by atoms with E-state index in [1.165, 1.54) is 0 Å². The van der Waals surface area contributed by atoms with Crippen LogP contribution in [-0.2, 0) is 14.3 Å². The van der Waals surface area contributed by atoms with E-state index in [4.69, 9.17) is 0 Å². The van der Waals surface area contributed by atoms with Crippen molar-refractivity contribution in [3.05, 3.63) is 5.21 Å². The molecule has 1 aliphatic heterocycles. The van der Waals surface area contributed by atoms with Crippen molar-refractivity contribution in [3.63, 3.8) is 0 Å². The Morgan fingerprint density at radius 2 is 2.26 bits per heavy atom. The van der Waals surface area contributed by atoms with Crippen LogP contribution < -0.4 is 5.32 Å². The fourth-order valence-electron chi connectivity index (χ4n) is 1.87. The van der Waals surface area contributed by atoms with Gasteiger partial charge in [-0.2, -0.15) is 0 Å². The van der Waals surface area contributed by atoms with Gasteiger partial charge in [-0.15, -0.1) is 13.2 Å². The molecule has 1 heterocycles. The molecule has 1 aliphatic rings. The molecule has 0 bridgehead atoms. The Morgan fingerprint density at radius 1 is 1.63 bits per heavy atom. The molecule has 110 valence electrons. The fourth-order valence-corrected chi connectivity index (χ4v) is 1.87. The van der Waals surface area contributed by atoms with Crippen molar-refractivity contribution < 1.29 is 27.5 Å². The summed E-state index contributed by atoms with van der Waals surface area (Å²) in [6.45, 7) is -0.791. The average Bonchev–Trinajstić information content (AvgIpc) is 2.67. The van der Waals surface area contributed by atoms with Gasteiger partial charge in [-0.25, -0.2) is 0 Å². The van der Waals surface area contributed by atoms with Gasteiger partial charge in [0.1, 0.15) is 6.61 Å². The highest BCUT2D eigenvalue weighted by Crippen LogP contribution is 2.21. The molecule has 0 aromatic heterocycles. The van der Waals surface area contributed by atoms with E-state index in [0.717, 1.165) is 7.05 Å². The maximum Gasteiger partial charge on any atom is 0.522 e. The topological polar surface area (TPSA) is 81.7 Å². The molecular weight excluding hydrogens is 269 g/mol. The van der Waals surface area contributed by atoms with Gasteiger partial charge in [0.25, 0.3) is 0 Å². The molecule has 0 aromatic rings. The summed E-state index contributed by atoms with van der Waals surface area (Å²) in [5.74, 6) is -1.82. The van der Waals surface area contributed by atoms with Crippen molar-refractivity contribution in [1.82, 2.24) is 10.4 Å². The Morgan fingerprint density at radius 3 is 2.68 bits per heavy atom. The second-order valence-corrected chi connectivity index (χ2v) is 4.28. The standard InChI is InChI=1S/C10H14F3N2O4/c1-15(18)7(4-6-2-3-14-9(6)17)8(16)5-19-10(11,12)13/h6-7H,2-5H2,1H3,(H,14,17)/q-1. The quantitative estimate of drug-likeness (QED) is 0.714. The number of ether oxygens (including phenoxy) is 1. The Bertz CT molecular complexity index is 346. The number of likely N-dealkylation sites (N-methyl/N-ethyl adjacent to an activating group) is 1. The van der Waals surface area contributed by atoms with Crippen LogP contribution in [0.25, 0.3) is 0 Å². The fraction of sp³-hybridized carbons (Fsp3) is 0.800. The SMILES string of the molecule is CN([O-])C(CC1CCNC1=O)C(=O)COC(F)(F)F. The van der Waals surface area contributed by atoms with E-state index in [1.807, 2.05) is 0 Å². The molecule has 1 saturated heterocycles. The normalized spacial score (nSPS) is 21.6. The average molecular weight is 283 g/mol. The first-order valence-electron chi connectivity index (χ1n) is 5.62. The summed E-state index contributed by atoms with van der Waals surface area (Å²) in [6.07, 6.45) is -4.57. The van der Waals surface area contributed by atoms with Gasteiger partial charge in [0.2, 0.25) is 5.91 Å². The molecule has 1 N–H and O–H groups in total. The number of nitrogens with one attached hydrogen (secondary N) is 1. The van der Waals surface area contributed by atoms with Crippen LogP contribution in [0.4, 0.5) is 13.2 Å². The highest BCUT2D eigenvalue weighted by Gasteiger charge is 2.34. The third kappa shape index (κ3) is 5.13. The second kappa shape index (κ2) is 6.31. The van der Waals surface area contributed by atoms with Crippen LogP contribution in [-0.4, -0.2) is 49.4 Å². The van der Waals surface area contributed by atoms with Gasteiger partial charge in [-0.1, -0.05) is 0 Å². The minimum Gasteiger partial charge on any atom is -0.785 e. The maximum atomic E-state index is 11.8. The monoisotopic (exact) mass is 283 g/mol. The predicted molar refractivity (Wildman–Crippen MR) is 57.7 cm³/mol. The number of amides is 1. The summed E-state index contributed by atoms with van der Waals surface area (Å²) in [5.41, 5.74) is 0. The van der Waals surface area contributed by atoms with E-state index in [9.17, 15) is 28.0 Å². The van der Waals surface area contributed by atoms with Crippen molar-refractivity contribution >= 4 is 11.7 Å². The Kier molecular flexibility index (Phi) is 5.27. The molecule has 2 unspecified atom stereocenters. The second-order valence-electron chi connectivity index (χ2n) is 4.28. The summed E-state index contributed by atoms with van der Waals surface area (Å²) in [5, 5.41) is 14.0. The van der Waals surface area contributed by atoms with E-state index in [2.05, 4.69) is 10.1 Å². The molecule has 1 rings (SSSR count). The number of carbonyl (C=O) groups is 2. The minimum atomic E-state index is -4.92. The predicted octanol–water partition coefficient (Wildman–Crippen LogP) is 0.416. The zero-order valence-electron chi connectivity index (χ0n) is 10.2. The number of halogens is 3. The third-order valence-electron chi connectivity index (χ3n) is 2.86. The molecular formula is C10H14F3N2O4-. The molecule has 0 radical (unpaired) electrons. The number of ketones is 1. The number of alkyl halides is 3. The molecule has 1 amide bonds. The summed E-state index contributed by atoms with van der Waals surface area (Å²) in [4.78, 5) is 22.8. The third-order valence-corrected chi connectivity index (χ3v) is 2.86. The van der Waals surface area contributed by atoms with Crippen molar-refractivity contribution in [1.29, 1.82) is 0 Å². The molecule has 9 heteroatoms. The lowest BCUT2D eigenvalue weighted by Gasteiger charge is -2.33. The first-order valence-corrected chi connectivity index (χ1v) is 5.62. The molecule has 0 aliphatic carbocycles. The summed E-state index contributed by atoms with van der Waals surface area (Å²) in [7, 11) is 1.03. The van der Waals surface area contributed by atoms with Gasteiger partial charge < -0.3 is 15.6 Å². The molecule has 2 atom stereocenters. The van der Waals surface area contributed by atoms with Crippen LogP contribution in [0.2, 0.25) is 0 Å². The van der Waals surface area contributed by atoms with Crippen LogP contribution in [0.15, 0.2) is 0 Å². The van der Waals surface area contributed by atoms with Crippen LogP contribution >= 0.6 is 0 Å². The molecule has 1 fully saturated rings. The van der Waals surface area contributed by atoms with E-state index in [1.54, 1.807) is 0 Å². The largest absolute Gasteiger partial charge is 0.785 e. The van der Waals surface area contributed by atoms with Crippen LogP contribution in [0.1, 0.15) is 12.8 Å². The van der Waals surface area contributed by atoms with Gasteiger partial charge >= 0.3 is 6.36 Å². The number of Topliss-reactive ketones (excluding diaryl/α,β-unsaturated/α-hetero) is 1. The highest BCUT2D eigenvalue weighted by atomic mass is 19.4. The van der Waals surface area contributed by atoms with E-state index >= 15 is 0 Å². The molecule has 0 spiro atoms. The number of nitrogens with zero attached hydrogens (tertiary/aromatic N) is 1. The van der Waals surface area contributed by atoms with Crippen LogP contribution in [0.3, 0.4) is 0 Å². The smallest absolute Gasteiger partial charge is 0.522 e. The van der Waals surface area contributed by atoms with Gasteiger partial charge in [0.05, 0.1) is 6.04 Å². The van der Waals surface area contributed by atoms with E-state index < -0.39 is 30.7 Å². The zero-order valence-corrected chi connectivity index (χ0v) is 10.2. The minimum absolute atomic E-state index is 0.105. The Labute approximate surface area is 107 Å². The molecule has 19 heavy (non-hydrogen) atoms. The summed E-state index contributed by atoms with van der Waals surface area (Å²) >= 11 is 0. The number of hydrogen-bond donors (Lipinski definition) is 1. The van der Waals surface area contributed by atoms with Crippen LogP contribution in [0.5, 0.6) is 0 Å². The van der Waals surface area contributed by atoms with Gasteiger partial charge in [-0.05, 0) is 19.9 Å². The molecule has 0 saturated carbocycles. The van der Waals surface area contributed by atoms with Gasteiger partial charge in [-0.3, -0.25) is 14.3 Å². The lowest BCUT2D eigenvalue weighted by Crippen LogP contribution is -2.40. The zero-order chi connectivity index (χ0) is 14.6. The lowest BCUT2D eigenvalue weighted by molar-refractivity contribution is -0.321. The Hall–Kier alpha value is -1.19. The first-order chi connectivity index (χ1) is 8.70. The summed E-state index contributed by atoms with van der Waals surface area (Å²) in [6, 6.07) is -1.31. The number of rotatable bonds is 6. The van der Waals surface area contributed by atoms with Gasteiger partial charge in [0, 0.05) is 12.5 Å². The first kappa shape index (κ1) is 15.9. The van der Waals surface area contributed by atoms with Crippen molar-refractivity contribution in [2.45, 2.75) is 25.2 Å². The van der Waals surface area contributed by atoms with Gasteiger partial charge in [0.15, 0.2) is 5.78 Å². The molecule has 0 aromatic carbocycles. The maximum absolute atomic E-state index is 11.8. The highest BCUT2D eigenvalue weighted by molar-refractivity contribution is 5.87.